The minimum absolute atomic E-state index is 0.0815. The molecule has 0 atom stereocenters. The van der Waals surface area contributed by atoms with E-state index in [1.165, 1.54) is 10.6 Å². The summed E-state index contributed by atoms with van der Waals surface area (Å²) in [7, 11) is 0. The molecule has 1 heterocycles. The van der Waals surface area contributed by atoms with Crippen LogP contribution >= 0.6 is 11.6 Å². The number of halogens is 3. The van der Waals surface area contributed by atoms with Crippen molar-refractivity contribution in [2.24, 2.45) is 0 Å². The third-order valence-corrected chi connectivity index (χ3v) is 3.35. The Balaban J connectivity index is 2.45. The third-order valence-electron chi connectivity index (χ3n) is 3.03. The van der Waals surface area contributed by atoms with Gasteiger partial charge in [-0.2, -0.15) is 10.2 Å². The second-order valence-corrected chi connectivity index (χ2v) is 5.34. The molecule has 0 saturated heterocycles. The number of nitriles is 1. The molecule has 0 aliphatic rings. The summed E-state index contributed by atoms with van der Waals surface area (Å²) in [6.45, 7) is 3.20. The van der Waals surface area contributed by atoms with Gasteiger partial charge in [-0.3, -0.25) is 9.36 Å². The molecule has 2 aromatic rings. The quantitative estimate of drug-likeness (QED) is 0.857. The van der Waals surface area contributed by atoms with Crippen LogP contribution in [0.4, 0.5) is 8.78 Å². The van der Waals surface area contributed by atoms with E-state index in [9.17, 15) is 13.6 Å². The Bertz CT molecular complexity index is 844. The van der Waals surface area contributed by atoms with Crippen LogP contribution in [0.15, 0.2) is 23.0 Å². The molecule has 0 spiro atoms. The molecular weight excluding hydrogens is 328 g/mol. The average Bonchev–Trinajstić information content (AvgIpc) is 2.49. The fourth-order valence-electron chi connectivity index (χ4n) is 1.97. The summed E-state index contributed by atoms with van der Waals surface area (Å²) < 4.78 is 33.3. The van der Waals surface area contributed by atoms with Crippen LogP contribution in [0, 0.1) is 23.0 Å². The molecule has 0 amide bonds. The number of nitrogens with zero attached hydrogens (tertiary/aromatic N) is 3. The molecule has 0 radical (unpaired) electrons. The zero-order valence-corrected chi connectivity index (χ0v) is 13.1. The van der Waals surface area contributed by atoms with Gasteiger partial charge >= 0.3 is 0 Å². The minimum atomic E-state index is -0.810. The second-order valence-electron chi connectivity index (χ2n) is 4.96. The van der Waals surface area contributed by atoms with E-state index in [1.54, 1.807) is 19.9 Å². The standard InChI is InChI=1S/C15H12ClF2N3O2/c1-8(2)21-12(6-19)20-14(22)13(16)15(21)23-7-9-3-4-10(17)5-11(9)18/h3-5,8H,7H2,1-2H3. The van der Waals surface area contributed by atoms with E-state index in [0.29, 0.717) is 0 Å². The maximum absolute atomic E-state index is 13.7. The van der Waals surface area contributed by atoms with Gasteiger partial charge in [0, 0.05) is 17.7 Å². The van der Waals surface area contributed by atoms with Gasteiger partial charge in [0.15, 0.2) is 5.02 Å². The van der Waals surface area contributed by atoms with Crippen molar-refractivity contribution in [3.05, 3.63) is 56.6 Å². The Hall–Kier alpha value is -2.46. The first-order chi connectivity index (χ1) is 10.8. The van der Waals surface area contributed by atoms with Crippen molar-refractivity contribution in [3.8, 4) is 11.9 Å². The van der Waals surface area contributed by atoms with Crippen LogP contribution in [-0.2, 0) is 6.61 Å². The molecule has 1 aromatic heterocycles. The van der Waals surface area contributed by atoms with Crippen LogP contribution in [-0.4, -0.2) is 9.55 Å². The largest absolute Gasteiger partial charge is 0.473 e. The van der Waals surface area contributed by atoms with Gasteiger partial charge in [0.2, 0.25) is 11.7 Å². The SMILES string of the molecule is CC(C)n1c(C#N)nc(=O)c(Cl)c1OCc1ccc(F)cc1F. The lowest BCUT2D eigenvalue weighted by molar-refractivity contribution is 0.263. The molecule has 0 N–H and O–H groups in total. The fraction of sp³-hybridized carbons (Fsp3) is 0.267. The van der Waals surface area contributed by atoms with Gasteiger partial charge in [0.25, 0.3) is 5.56 Å². The van der Waals surface area contributed by atoms with Crippen molar-refractivity contribution < 1.29 is 13.5 Å². The second kappa shape index (κ2) is 6.75. The highest BCUT2D eigenvalue weighted by atomic mass is 35.5. The van der Waals surface area contributed by atoms with Crippen LogP contribution in [0.2, 0.25) is 5.02 Å². The maximum Gasteiger partial charge on any atom is 0.296 e. The zero-order chi connectivity index (χ0) is 17.1. The zero-order valence-electron chi connectivity index (χ0n) is 12.3. The van der Waals surface area contributed by atoms with E-state index < -0.39 is 17.2 Å². The number of hydrogen-bond donors (Lipinski definition) is 0. The number of hydrogen-bond acceptors (Lipinski definition) is 4. The van der Waals surface area contributed by atoms with E-state index in [0.717, 1.165) is 12.1 Å². The Morgan fingerprint density at radius 1 is 1.43 bits per heavy atom. The summed E-state index contributed by atoms with van der Waals surface area (Å²) >= 11 is 5.92. The van der Waals surface area contributed by atoms with E-state index in [1.807, 2.05) is 0 Å². The molecule has 0 aliphatic carbocycles. The first-order valence-electron chi connectivity index (χ1n) is 6.64. The average molecular weight is 340 g/mol. The smallest absolute Gasteiger partial charge is 0.296 e. The summed E-state index contributed by atoms with van der Waals surface area (Å²) in [4.78, 5) is 15.3. The molecule has 0 unspecified atom stereocenters. The van der Waals surface area contributed by atoms with Crippen LogP contribution in [0.5, 0.6) is 5.88 Å². The van der Waals surface area contributed by atoms with E-state index in [4.69, 9.17) is 21.6 Å². The molecular formula is C15H12ClF2N3O2. The predicted molar refractivity (Wildman–Crippen MR) is 79.3 cm³/mol. The number of rotatable bonds is 4. The molecule has 0 saturated carbocycles. The van der Waals surface area contributed by atoms with Crippen molar-refractivity contribution in [2.75, 3.05) is 0 Å². The highest BCUT2D eigenvalue weighted by Gasteiger charge is 2.19. The lowest BCUT2D eigenvalue weighted by Crippen LogP contribution is -2.21. The first-order valence-corrected chi connectivity index (χ1v) is 7.01. The highest BCUT2D eigenvalue weighted by molar-refractivity contribution is 6.31. The molecule has 2 rings (SSSR count). The van der Waals surface area contributed by atoms with Gasteiger partial charge < -0.3 is 4.74 Å². The van der Waals surface area contributed by atoms with Gasteiger partial charge in [-0.15, -0.1) is 0 Å². The van der Waals surface area contributed by atoms with E-state index in [-0.39, 0.29) is 34.9 Å². The Kier molecular flexibility index (Phi) is 4.96. The van der Waals surface area contributed by atoms with Crippen LogP contribution < -0.4 is 10.3 Å². The molecule has 23 heavy (non-hydrogen) atoms. The molecule has 0 fully saturated rings. The van der Waals surface area contributed by atoms with Gasteiger partial charge in [-0.05, 0) is 26.0 Å². The first kappa shape index (κ1) is 16.9. The third kappa shape index (κ3) is 3.48. The number of benzene rings is 1. The van der Waals surface area contributed by atoms with Gasteiger partial charge in [-0.1, -0.05) is 11.6 Å². The van der Waals surface area contributed by atoms with Crippen LogP contribution in [0.25, 0.3) is 0 Å². The summed E-state index contributed by atoms with van der Waals surface area (Å²) in [6, 6.07) is 4.56. The Morgan fingerprint density at radius 3 is 2.70 bits per heavy atom. The van der Waals surface area contributed by atoms with Crippen LogP contribution in [0.3, 0.4) is 0 Å². The van der Waals surface area contributed by atoms with Crippen molar-refractivity contribution in [1.82, 2.24) is 9.55 Å². The predicted octanol–water partition coefficient (Wildman–Crippen LogP) is 3.21. The molecule has 0 aliphatic heterocycles. The van der Waals surface area contributed by atoms with E-state index >= 15 is 0 Å². The number of ether oxygens (including phenoxy) is 1. The fourth-order valence-corrected chi connectivity index (χ4v) is 2.16. The Labute approximate surface area is 135 Å². The summed E-state index contributed by atoms with van der Waals surface area (Å²) in [5.74, 6) is -1.74. The lowest BCUT2D eigenvalue weighted by Gasteiger charge is -2.19. The van der Waals surface area contributed by atoms with E-state index in [2.05, 4.69) is 4.98 Å². The topological polar surface area (TPSA) is 67.9 Å². The number of aromatic nitrogens is 2. The van der Waals surface area contributed by atoms with Gasteiger partial charge in [0.1, 0.15) is 24.3 Å². The van der Waals surface area contributed by atoms with Gasteiger partial charge in [0.05, 0.1) is 0 Å². The van der Waals surface area contributed by atoms with Crippen LogP contribution in [0.1, 0.15) is 31.3 Å². The Morgan fingerprint density at radius 2 is 2.13 bits per heavy atom. The maximum atomic E-state index is 13.7. The molecule has 5 nitrogen and oxygen atoms in total. The van der Waals surface area contributed by atoms with Crippen molar-refractivity contribution in [2.45, 2.75) is 26.5 Å². The highest BCUT2D eigenvalue weighted by Crippen LogP contribution is 2.26. The molecule has 8 heteroatoms. The summed E-state index contributed by atoms with van der Waals surface area (Å²) in [5.41, 5.74) is -0.727. The normalized spacial score (nSPS) is 10.7. The van der Waals surface area contributed by atoms with Crippen molar-refractivity contribution in [3.63, 3.8) is 0 Å². The van der Waals surface area contributed by atoms with Crippen molar-refractivity contribution >= 4 is 11.6 Å². The lowest BCUT2D eigenvalue weighted by atomic mass is 10.2. The minimum Gasteiger partial charge on any atom is -0.473 e. The summed E-state index contributed by atoms with van der Waals surface area (Å²) in [6.07, 6.45) is 0. The monoisotopic (exact) mass is 339 g/mol. The molecule has 0 bridgehead atoms. The molecule has 1 aromatic carbocycles. The summed E-state index contributed by atoms with van der Waals surface area (Å²) in [5, 5.41) is 8.79. The van der Waals surface area contributed by atoms with Crippen molar-refractivity contribution in [1.29, 1.82) is 5.26 Å². The molecule has 120 valence electrons. The van der Waals surface area contributed by atoms with Gasteiger partial charge in [-0.25, -0.2) is 8.78 Å².